The lowest BCUT2D eigenvalue weighted by Crippen LogP contribution is -2.04. The highest BCUT2D eigenvalue weighted by molar-refractivity contribution is 6.30. The zero-order chi connectivity index (χ0) is 9.84. The Morgan fingerprint density at radius 1 is 1.54 bits per heavy atom. The van der Waals surface area contributed by atoms with Crippen LogP contribution in [-0.2, 0) is 0 Å². The number of ether oxygens (including phenoxy) is 1. The fraction of sp³-hybridized carbons (Fsp3) is 0.333. The van der Waals surface area contributed by atoms with Gasteiger partial charge in [-0.1, -0.05) is 11.6 Å². The Balaban J connectivity index is 3.07. The van der Waals surface area contributed by atoms with E-state index in [1.54, 1.807) is 18.2 Å². The third-order valence-corrected chi connectivity index (χ3v) is 1.96. The number of benzene rings is 1. The topological polar surface area (TPSA) is 49.7 Å². The van der Waals surface area contributed by atoms with Gasteiger partial charge in [0, 0.05) is 10.6 Å². The van der Waals surface area contributed by atoms with Crippen molar-refractivity contribution in [2.75, 3.05) is 13.7 Å². The van der Waals surface area contributed by atoms with Crippen molar-refractivity contribution < 1.29 is 14.9 Å². The van der Waals surface area contributed by atoms with E-state index in [2.05, 4.69) is 0 Å². The number of aliphatic hydroxyl groups excluding tert-OH is 2. The van der Waals surface area contributed by atoms with Crippen molar-refractivity contribution in [3.05, 3.63) is 28.8 Å². The molecule has 4 heteroatoms. The first-order valence-electron chi connectivity index (χ1n) is 3.81. The van der Waals surface area contributed by atoms with Crippen molar-refractivity contribution in [3.8, 4) is 5.75 Å². The molecule has 3 nitrogen and oxygen atoms in total. The molecule has 1 aromatic carbocycles. The summed E-state index contributed by atoms with van der Waals surface area (Å²) in [6.45, 7) is -0.350. The van der Waals surface area contributed by atoms with E-state index in [1.165, 1.54) is 7.11 Å². The van der Waals surface area contributed by atoms with Crippen LogP contribution >= 0.6 is 11.6 Å². The molecule has 1 aromatic rings. The summed E-state index contributed by atoms with van der Waals surface area (Å²) in [6.07, 6.45) is -0.950. The number of halogens is 1. The van der Waals surface area contributed by atoms with Crippen LogP contribution in [0.25, 0.3) is 0 Å². The monoisotopic (exact) mass is 202 g/mol. The fourth-order valence-corrected chi connectivity index (χ4v) is 1.24. The van der Waals surface area contributed by atoms with E-state index in [9.17, 15) is 5.11 Å². The van der Waals surface area contributed by atoms with Crippen LogP contribution in [0.4, 0.5) is 0 Å². The van der Waals surface area contributed by atoms with E-state index in [4.69, 9.17) is 21.4 Å². The van der Waals surface area contributed by atoms with Crippen molar-refractivity contribution in [2.24, 2.45) is 0 Å². The van der Waals surface area contributed by atoms with Gasteiger partial charge in [0.1, 0.15) is 11.9 Å². The zero-order valence-corrected chi connectivity index (χ0v) is 7.95. The Morgan fingerprint density at radius 3 is 2.77 bits per heavy atom. The van der Waals surface area contributed by atoms with Gasteiger partial charge in [0.2, 0.25) is 0 Å². The van der Waals surface area contributed by atoms with Crippen molar-refractivity contribution in [2.45, 2.75) is 6.10 Å². The van der Waals surface area contributed by atoms with E-state index in [1.807, 2.05) is 0 Å². The molecule has 0 heterocycles. The van der Waals surface area contributed by atoms with Gasteiger partial charge in [-0.3, -0.25) is 0 Å². The maximum atomic E-state index is 9.38. The standard InChI is InChI=1S/C9H11ClO3/c1-13-9-3-2-6(10)4-7(9)8(12)5-11/h2-4,8,11-12H,5H2,1H3. The van der Waals surface area contributed by atoms with Crippen LogP contribution < -0.4 is 4.74 Å². The normalized spacial score (nSPS) is 12.6. The predicted octanol–water partition coefficient (Wildman–Crippen LogP) is 1.37. The van der Waals surface area contributed by atoms with Gasteiger partial charge in [-0.15, -0.1) is 0 Å². The van der Waals surface area contributed by atoms with Crippen LogP contribution in [0, 0.1) is 0 Å². The van der Waals surface area contributed by atoms with Crippen LogP contribution in [0.2, 0.25) is 5.02 Å². The molecule has 0 amide bonds. The minimum atomic E-state index is -0.950. The molecule has 1 atom stereocenters. The van der Waals surface area contributed by atoms with E-state index in [0.717, 1.165) is 0 Å². The molecule has 0 aromatic heterocycles. The lowest BCUT2D eigenvalue weighted by atomic mass is 10.1. The highest BCUT2D eigenvalue weighted by Crippen LogP contribution is 2.27. The third-order valence-electron chi connectivity index (χ3n) is 1.72. The first kappa shape index (κ1) is 10.3. The van der Waals surface area contributed by atoms with E-state index in [0.29, 0.717) is 16.3 Å². The van der Waals surface area contributed by atoms with Gasteiger partial charge >= 0.3 is 0 Å². The maximum absolute atomic E-state index is 9.38. The van der Waals surface area contributed by atoms with Crippen LogP contribution in [0.3, 0.4) is 0 Å². The molecule has 0 aliphatic rings. The molecule has 1 unspecified atom stereocenters. The van der Waals surface area contributed by atoms with Crippen molar-refractivity contribution >= 4 is 11.6 Å². The lowest BCUT2D eigenvalue weighted by molar-refractivity contribution is 0.0933. The van der Waals surface area contributed by atoms with Gasteiger partial charge in [-0.25, -0.2) is 0 Å². The molecule has 0 fully saturated rings. The summed E-state index contributed by atoms with van der Waals surface area (Å²) in [5.74, 6) is 0.519. The summed E-state index contributed by atoms with van der Waals surface area (Å²) in [7, 11) is 1.50. The zero-order valence-electron chi connectivity index (χ0n) is 7.20. The maximum Gasteiger partial charge on any atom is 0.124 e. The molecule has 2 N–H and O–H groups in total. The summed E-state index contributed by atoms with van der Waals surface area (Å²) >= 11 is 5.73. The Morgan fingerprint density at radius 2 is 2.23 bits per heavy atom. The quantitative estimate of drug-likeness (QED) is 0.779. The van der Waals surface area contributed by atoms with Crippen molar-refractivity contribution in [1.29, 1.82) is 0 Å². The second kappa shape index (κ2) is 4.46. The first-order chi connectivity index (χ1) is 6.19. The molecule has 0 saturated heterocycles. The molecule has 0 bridgehead atoms. The van der Waals surface area contributed by atoms with Gasteiger partial charge < -0.3 is 14.9 Å². The SMILES string of the molecule is COc1ccc(Cl)cc1C(O)CO. The van der Waals surface area contributed by atoms with Crippen molar-refractivity contribution in [1.82, 2.24) is 0 Å². The Hall–Kier alpha value is -0.770. The second-order valence-electron chi connectivity index (χ2n) is 2.58. The summed E-state index contributed by atoms with van der Waals surface area (Å²) in [6, 6.07) is 4.88. The smallest absolute Gasteiger partial charge is 0.124 e. The molecule has 0 spiro atoms. The molecule has 0 aliphatic carbocycles. The number of aliphatic hydroxyl groups is 2. The largest absolute Gasteiger partial charge is 0.496 e. The number of methoxy groups -OCH3 is 1. The Labute approximate surface area is 81.5 Å². The van der Waals surface area contributed by atoms with E-state index < -0.39 is 6.10 Å². The number of hydrogen-bond donors (Lipinski definition) is 2. The number of hydrogen-bond acceptors (Lipinski definition) is 3. The van der Waals surface area contributed by atoms with Crippen LogP contribution in [0.5, 0.6) is 5.75 Å². The average Bonchev–Trinajstić information content (AvgIpc) is 2.16. The second-order valence-corrected chi connectivity index (χ2v) is 3.02. The Kier molecular flexibility index (Phi) is 3.54. The highest BCUT2D eigenvalue weighted by Gasteiger charge is 2.12. The first-order valence-corrected chi connectivity index (χ1v) is 4.19. The lowest BCUT2D eigenvalue weighted by Gasteiger charge is -2.12. The summed E-state index contributed by atoms with van der Waals surface area (Å²) < 4.78 is 4.99. The Bertz CT molecular complexity index is 288. The van der Waals surface area contributed by atoms with E-state index in [-0.39, 0.29) is 6.61 Å². The molecular weight excluding hydrogens is 192 g/mol. The minimum Gasteiger partial charge on any atom is -0.496 e. The van der Waals surface area contributed by atoms with Gasteiger partial charge in [0.15, 0.2) is 0 Å². The fourth-order valence-electron chi connectivity index (χ4n) is 1.06. The molecule has 72 valence electrons. The summed E-state index contributed by atoms with van der Waals surface area (Å²) in [5, 5.41) is 18.6. The van der Waals surface area contributed by atoms with Crippen LogP contribution in [-0.4, -0.2) is 23.9 Å². The van der Waals surface area contributed by atoms with E-state index >= 15 is 0 Å². The van der Waals surface area contributed by atoms with Crippen LogP contribution in [0.1, 0.15) is 11.7 Å². The van der Waals surface area contributed by atoms with Crippen LogP contribution in [0.15, 0.2) is 18.2 Å². The van der Waals surface area contributed by atoms with Gasteiger partial charge in [0.25, 0.3) is 0 Å². The third kappa shape index (κ3) is 2.34. The minimum absolute atomic E-state index is 0.350. The molecule has 0 saturated carbocycles. The molecular formula is C9H11ClO3. The van der Waals surface area contributed by atoms with Gasteiger partial charge in [-0.05, 0) is 18.2 Å². The van der Waals surface area contributed by atoms with Gasteiger partial charge in [0.05, 0.1) is 13.7 Å². The average molecular weight is 203 g/mol. The van der Waals surface area contributed by atoms with Crippen molar-refractivity contribution in [3.63, 3.8) is 0 Å². The summed E-state index contributed by atoms with van der Waals surface area (Å²) in [4.78, 5) is 0. The predicted molar refractivity (Wildman–Crippen MR) is 50.0 cm³/mol. The molecule has 1 rings (SSSR count). The molecule has 0 radical (unpaired) electrons. The molecule has 13 heavy (non-hydrogen) atoms. The number of rotatable bonds is 3. The summed E-state index contributed by atoms with van der Waals surface area (Å²) in [5.41, 5.74) is 0.498. The molecule has 0 aliphatic heterocycles. The van der Waals surface area contributed by atoms with Gasteiger partial charge in [-0.2, -0.15) is 0 Å². The highest BCUT2D eigenvalue weighted by atomic mass is 35.5.